The molecule has 1 aromatic rings. The SMILES string of the molecule is CCOC(=O)[C@H]1[C@@H](O)[C@@H](C(=O)C=Cc2ccccc2)[C@@H]2CC[C@H]1N2C. The Labute approximate surface area is 148 Å². The molecule has 2 aliphatic heterocycles. The third-order valence-electron chi connectivity index (χ3n) is 5.50. The van der Waals surface area contributed by atoms with Gasteiger partial charge in [-0.25, -0.2) is 0 Å². The highest BCUT2D eigenvalue weighted by Gasteiger charge is 2.55. The van der Waals surface area contributed by atoms with Gasteiger partial charge in [0.2, 0.25) is 0 Å². The molecule has 0 unspecified atom stereocenters. The van der Waals surface area contributed by atoms with Crippen LogP contribution in [0, 0.1) is 11.8 Å². The summed E-state index contributed by atoms with van der Waals surface area (Å²) in [4.78, 5) is 27.2. The fourth-order valence-electron chi connectivity index (χ4n) is 4.29. The summed E-state index contributed by atoms with van der Waals surface area (Å²) < 4.78 is 5.15. The summed E-state index contributed by atoms with van der Waals surface area (Å²) in [6.45, 7) is 2.02. The second-order valence-corrected chi connectivity index (χ2v) is 6.82. The molecule has 5 heteroatoms. The van der Waals surface area contributed by atoms with Crippen LogP contribution in [0.5, 0.6) is 0 Å². The number of nitrogens with zero attached hydrogens (tertiary/aromatic N) is 1. The maximum absolute atomic E-state index is 12.8. The maximum atomic E-state index is 12.8. The molecular weight excluding hydrogens is 318 g/mol. The predicted octanol–water partition coefficient (Wildman–Crippen LogP) is 1.90. The number of piperidine rings is 1. The van der Waals surface area contributed by atoms with Crippen LogP contribution < -0.4 is 0 Å². The Hall–Kier alpha value is -1.98. The van der Waals surface area contributed by atoms with E-state index in [1.165, 1.54) is 6.08 Å². The lowest BCUT2D eigenvalue weighted by Gasteiger charge is -2.43. The first-order valence-corrected chi connectivity index (χ1v) is 8.88. The Kier molecular flexibility index (Phi) is 5.35. The molecule has 2 heterocycles. The van der Waals surface area contributed by atoms with Gasteiger partial charge < -0.3 is 9.84 Å². The normalized spacial score (nSPS) is 32.0. The number of aliphatic hydroxyl groups excluding tert-OH is 1. The van der Waals surface area contributed by atoms with Gasteiger partial charge in [-0.3, -0.25) is 14.5 Å². The van der Waals surface area contributed by atoms with Crippen LogP contribution in [-0.4, -0.2) is 53.6 Å². The monoisotopic (exact) mass is 343 g/mol. The zero-order valence-electron chi connectivity index (χ0n) is 14.7. The van der Waals surface area contributed by atoms with E-state index < -0.39 is 23.9 Å². The standard InChI is InChI=1S/C20H25NO4/c1-3-25-20(24)18-15-11-10-14(21(15)2)17(19(18)23)16(22)12-9-13-7-5-4-6-8-13/h4-9,12,14-15,17-19,23H,3,10-11H2,1-2H3/t14-,15+,17+,18+,19-/m0/s1. The molecule has 0 saturated carbocycles. The molecule has 2 fully saturated rings. The summed E-state index contributed by atoms with van der Waals surface area (Å²) in [7, 11) is 1.93. The molecule has 1 aromatic carbocycles. The summed E-state index contributed by atoms with van der Waals surface area (Å²) in [6, 6.07) is 9.49. The molecule has 1 N–H and O–H groups in total. The van der Waals surface area contributed by atoms with Gasteiger partial charge in [-0.2, -0.15) is 0 Å². The van der Waals surface area contributed by atoms with Crippen LogP contribution in [0.4, 0.5) is 0 Å². The van der Waals surface area contributed by atoms with Crippen LogP contribution in [0.25, 0.3) is 6.08 Å². The molecule has 2 bridgehead atoms. The largest absolute Gasteiger partial charge is 0.466 e. The average molecular weight is 343 g/mol. The van der Waals surface area contributed by atoms with Crippen molar-refractivity contribution in [3.63, 3.8) is 0 Å². The van der Waals surface area contributed by atoms with Gasteiger partial charge in [-0.1, -0.05) is 36.4 Å². The van der Waals surface area contributed by atoms with Crippen molar-refractivity contribution in [1.82, 2.24) is 4.90 Å². The topological polar surface area (TPSA) is 66.8 Å². The highest BCUT2D eigenvalue weighted by atomic mass is 16.5. The molecule has 0 aromatic heterocycles. The summed E-state index contributed by atoms with van der Waals surface area (Å²) in [5.41, 5.74) is 0.931. The molecule has 0 spiro atoms. The highest BCUT2D eigenvalue weighted by Crippen LogP contribution is 2.42. The number of allylic oxidation sites excluding steroid dienone is 1. The minimum atomic E-state index is -0.999. The van der Waals surface area contributed by atoms with Crippen molar-refractivity contribution in [2.24, 2.45) is 11.8 Å². The van der Waals surface area contributed by atoms with Crippen molar-refractivity contribution >= 4 is 17.8 Å². The second-order valence-electron chi connectivity index (χ2n) is 6.82. The quantitative estimate of drug-likeness (QED) is 0.653. The number of esters is 1. The van der Waals surface area contributed by atoms with Gasteiger partial charge in [0.25, 0.3) is 0 Å². The summed E-state index contributed by atoms with van der Waals surface area (Å²) in [5, 5.41) is 10.8. The van der Waals surface area contributed by atoms with Crippen molar-refractivity contribution < 1.29 is 19.4 Å². The molecule has 2 aliphatic rings. The number of ether oxygens (including phenoxy) is 1. The Bertz CT molecular complexity index is 657. The minimum absolute atomic E-state index is 0.0291. The average Bonchev–Trinajstić information content (AvgIpc) is 2.88. The Morgan fingerprint density at radius 1 is 1.20 bits per heavy atom. The summed E-state index contributed by atoms with van der Waals surface area (Å²) in [6.07, 6.45) is 3.89. The molecule has 5 atom stereocenters. The van der Waals surface area contributed by atoms with Crippen molar-refractivity contribution in [3.8, 4) is 0 Å². The van der Waals surface area contributed by atoms with Crippen LogP contribution in [0.1, 0.15) is 25.3 Å². The van der Waals surface area contributed by atoms with Crippen molar-refractivity contribution in [3.05, 3.63) is 42.0 Å². The molecule has 25 heavy (non-hydrogen) atoms. The Morgan fingerprint density at radius 3 is 2.48 bits per heavy atom. The van der Waals surface area contributed by atoms with Gasteiger partial charge in [-0.05, 0) is 38.5 Å². The number of hydrogen-bond donors (Lipinski definition) is 1. The van der Waals surface area contributed by atoms with Crippen LogP contribution in [0.3, 0.4) is 0 Å². The van der Waals surface area contributed by atoms with Crippen LogP contribution in [0.2, 0.25) is 0 Å². The Morgan fingerprint density at radius 2 is 1.84 bits per heavy atom. The van der Waals surface area contributed by atoms with Crippen LogP contribution in [0.15, 0.2) is 36.4 Å². The summed E-state index contributed by atoms with van der Waals surface area (Å²) >= 11 is 0. The van der Waals surface area contributed by atoms with E-state index in [2.05, 4.69) is 4.90 Å². The smallest absolute Gasteiger partial charge is 0.313 e. The van der Waals surface area contributed by atoms with E-state index in [1.807, 2.05) is 37.4 Å². The molecule has 2 saturated heterocycles. The van der Waals surface area contributed by atoms with Crippen LogP contribution >= 0.6 is 0 Å². The number of benzene rings is 1. The van der Waals surface area contributed by atoms with E-state index in [1.54, 1.807) is 13.0 Å². The van der Waals surface area contributed by atoms with E-state index in [0.717, 1.165) is 18.4 Å². The second kappa shape index (κ2) is 7.50. The fraction of sp³-hybridized carbons (Fsp3) is 0.500. The van der Waals surface area contributed by atoms with Gasteiger partial charge in [0, 0.05) is 12.1 Å². The number of rotatable bonds is 5. The van der Waals surface area contributed by atoms with E-state index in [0.29, 0.717) is 0 Å². The molecule has 3 rings (SSSR count). The predicted molar refractivity (Wildman–Crippen MR) is 94.7 cm³/mol. The maximum Gasteiger partial charge on any atom is 0.313 e. The van der Waals surface area contributed by atoms with Crippen LogP contribution in [-0.2, 0) is 14.3 Å². The van der Waals surface area contributed by atoms with Gasteiger partial charge >= 0.3 is 5.97 Å². The fourth-order valence-corrected chi connectivity index (χ4v) is 4.29. The number of fused-ring (bicyclic) bond motifs is 2. The number of ketones is 1. The van der Waals surface area contributed by atoms with Gasteiger partial charge in [0.1, 0.15) is 0 Å². The van der Waals surface area contributed by atoms with E-state index in [4.69, 9.17) is 4.74 Å². The van der Waals surface area contributed by atoms with Crippen molar-refractivity contribution in [1.29, 1.82) is 0 Å². The van der Waals surface area contributed by atoms with E-state index >= 15 is 0 Å². The first kappa shape index (κ1) is 17.8. The molecule has 134 valence electrons. The highest BCUT2D eigenvalue weighted by molar-refractivity contribution is 5.97. The molecule has 0 amide bonds. The number of carbonyl (C=O) groups excluding carboxylic acids is 2. The summed E-state index contributed by atoms with van der Waals surface area (Å²) in [5.74, 6) is -1.80. The van der Waals surface area contributed by atoms with Gasteiger partial charge in [0.15, 0.2) is 5.78 Å². The van der Waals surface area contributed by atoms with Crippen molar-refractivity contribution in [2.75, 3.05) is 13.7 Å². The number of carbonyl (C=O) groups is 2. The van der Waals surface area contributed by atoms with Gasteiger partial charge in [-0.15, -0.1) is 0 Å². The lowest BCUT2D eigenvalue weighted by Crippen LogP contribution is -2.59. The zero-order valence-corrected chi connectivity index (χ0v) is 14.7. The third kappa shape index (κ3) is 3.39. The lowest BCUT2D eigenvalue weighted by atomic mass is 9.77. The molecule has 5 nitrogen and oxygen atoms in total. The van der Waals surface area contributed by atoms with Crippen molar-refractivity contribution in [2.45, 2.75) is 38.0 Å². The number of hydrogen-bond acceptors (Lipinski definition) is 5. The first-order chi connectivity index (χ1) is 12.0. The zero-order chi connectivity index (χ0) is 18.0. The number of aliphatic hydroxyl groups is 1. The minimum Gasteiger partial charge on any atom is -0.466 e. The lowest BCUT2D eigenvalue weighted by molar-refractivity contribution is -0.163. The first-order valence-electron chi connectivity index (χ1n) is 8.88. The van der Waals surface area contributed by atoms with E-state index in [9.17, 15) is 14.7 Å². The third-order valence-corrected chi connectivity index (χ3v) is 5.50. The molecule has 0 aliphatic carbocycles. The van der Waals surface area contributed by atoms with Gasteiger partial charge in [0.05, 0.1) is 24.5 Å². The molecular formula is C20H25NO4. The Balaban J connectivity index is 1.82. The van der Waals surface area contributed by atoms with E-state index in [-0.39, 0.29) is 24.5 Å². The molecule has 0 radical (unpaired) electrons.